The predicted molar refractivity (Wildman–Crippen MR) is 106 cm³/mol. The summed E-state index contributed by atoms with van der Waals surface area (Å²) in [5.41, 5.74) is 8.68. The van der Waals surface area contributed by atoms with Gasteiger partial charge in [0.1, 0.15) is 0 Å². The van der Waals surface area contributed by atoms with Crippen molar-refractivity contribution in [1.29, 1.82) is 0 Å². The molecule has 0 aliphatic carbocycles. The van der Waals surface area contributed by atoms with Crippen LogP contribution in [-0.2, 0) is 6.42 Å². The van der Waals surface area contributed by atoms with E-state index in [4.69, 9.17) is 36.0 Å². The van der Waals surface area contributed by atoms with Gasteiger partial charge in [-0.05, 0) is 72.8 Å². The summed E-state index contributed by atoms with van der Waals surface area (Å²) >= 11 is 16.2. The quantitative estimate of drug-likeness (QED) is 0.486. The Hall–Kier alpha value is -1.89. The van der Waals surface area contributed by atoms with E-state index in [0.717, 1.165) is 17.8 Å². The number of aryl methyl sites for hydroxylation is 1. The fraction of sp³-hybridized carbons (Fsp3) is 0.125. The lowest BCUT2D eigenvalue weighted by atomic mass is 10.1. The number of hydrogen-bond acceptors (Lipinski definition) is 2. The molecule has 2 aromatic rings. The van der Waals surface area contributed by atoms with Crippen molar-refractivity contribution in [3.05, 3.63) is 59.1 Å². The van der Waals surface area contributed by atoms with Crippen molar-refractivity contribution in [2.45, 2.75) is 13.3 Å². The highest BCUT2D eigenvalue weighted by molar-refractivity contribution is 7.81. The summed E-state index contributed by atoms with van der Waals surface area (Å²) in [6.45, 7) is 2.12. The average molecular weight is 365 g/mol. The standard InChI is InChI=1S/C16H17ClN4S2/c1-2-11-3-7-13(8-4-11)18-15(22)20-21-16(23)19-14-9-5-12(17)6-10-14/h3-10H,2H2,1H3,(H2,18,20,22)(H2,19,21,23). The van der Waals surface area contributed by atoms with Crippen LogP contribution in [0.3, 0.4) is 0 Å². The summed E-state index contributed by atoms with van der Waals surface area (Å²) in [6.07, 6.45) is 1.01. The van der Waals surface area contributed by atoms with E-state index in [0.29, 0.717) is 15.2 Å². The van der Waals surface area contributed by atoms with E-state index in [1.807, 2.05) is 24.3 Å². The molecule has 120 valence electrons. The Morgan fingerprint density at radius 3 is 1.70 bits per heavy atom. The number of benzene rings is 2. The Labute approximate surface area is 151 Å². The largest absolute Gasteiger partial charge is 0.331 e. The second-order valence-corrected chi connectivity index (χ2v) is 5.97. The lowest BCUT2D eigenvalue weighted by molar-refractivity contribution is 0.885. The van der Waals surface area contributed by atoms with Gasteiger partial charge >= 0.3 is 0 Å². The summed E-state index contributed by atoms with van der Waals surface area (Å²) in [6, 6.07) is 15.3. The molecular weight excluding hydrogens is 348 g/mol. The minimum Gasteiger partial charge on any atom is -0.331 e. The van der Waals surface area contributed by atoms with E-state index < -0.39 is 0 Å². The Morgan fingerprint density at radius 2 is 1.26 bits per heavy atom. The number of halogens is 1. The van der Waals surface area contributed by atoms with Crippen LogP contribution in [0.25, 0.3) is 0 Å². The van der Waals surface area contributed by atoms with Crippen LogP contribution in [0.15, 0.2) is 48.5 Å². The predicted octanol–water partition coefficient (Wildman–Crippen LogP) is 4.09. The van der Waals surface area contributed by atoms with Gasteiger partial charge in [0.15, 0.2) is 10.2 Å². The van der Waals surface area contributed by atoms with Crippen LogP contribution >= 0.6 is 36.0 Å². The second kappa shape index (κ2) is 8.67. The summed E-state index contributed by atoms with van der Waals surface area (Å²) in [7, 11) is 0. The lowest BCUT2D eigenvalue weighted by Crippen LogP contribution is -2.45. The summed E-state index contributed by atoms with van der Waals surface area (Å²) < 4.78 is 0. The molecule has 0 aliphatic heterocycles. The van der Waals surface area contributed by atoms with E-state index >= 15 is 0 Å². The van der Waals surface area contributed by atoms with E-state index in [1.54, 1.807) is 12.1 Å². The smallest absolute Gasteiger partial charge is 0.189 e. The first-order chi connectivity index (χ1) is 11.1. The average Bonchev–Trinajstić information content (AvgIpc) is 2.56. The van der Waals surface area contributed by atoms with Crippen molar-refractivity contribution in [1.82, 2.24) is 10.9 Å². The van der Waals surface area contributed by atoms with E-state index in [2.05, 4.69) is 40.5 Å². The number of nitrogens with one attached hydrogen (secondary N) is 4. The van der Waals surface area contributed by atoms with Gasteiger partial charge in [-0.3, -0.25) is 10.9 Å². The highest BCUT2D eigenvalue weighted by Crippen LogP contribution is 2.13. The highest BCUT2D eigenvalue weighted by Gasteiger charge is 2.00. The van der Waals surface area contributed by atoms with Gasteiger partial charge < -0.3 is 10.6 Å². The molecule has 0 amide bonds. The molecule has 0 spiro atoms. The third-order valence-electron chi connectivity index (χ3n) is 3.01. The zero-order chi connectivity index (χ0) is 16.7. The minimum atomic E-state index is 0.401. The molecule has 2 aromatic carbocycles. The zero-order valence-corrected chi connectivity index (χ0v) is 14.9. The van der Waals surface area contributed by atoms with Crippen LogP contribution in [0, 0.1) is 0 Å². The minimum absolute atomic E-state index is 0.401. The molecule has 2 rings (SSSR count). The first kappa shape index (κ1) is 17.5. The van der Waals surface area contributed by atoms with Crippen LogP contribution in [0.5, 0.6) is 0 Å². The molecule has 0 atom stereocenters. The molecule has 0 fully saturated rings. The van der Waals surface area contributed by atoms with E-state index in [9.17, 15) is 0 Å². The molecule has 7 heteroatoms. The molecule has 0 radical (unpaired) electrons. The SMILES string of the molecule is CCc1ccc(NC(=S)NNC(=S)Nc2ccc(Cl)cc2)cc1. The lowest BCUT2D eigenvalue weighted by Gasteiger charge is -2.14. The van der Waals surface area contributed by atoms with Gasteiger partial charge in [-0.2, -0.15) is 0 Å². The molecule has 4 N–H and O–H groups in total. The first-order valence-electron chi connectivity index (χ1n) is 7.05. The van der Waals surface area contributed by atoms with Gasteiger partial charge in [0.05, 0.1) is 0 Å². The van der Waals surface area contributed by atoms with E-state index in [1.165, 1.54) is 5.56 Å². The van der Waals surface area contributed by atoms with Gasteiger partial charge in [-0.25, -0.2) is 0 Å². The molecular formula is C16H17ClN4S2. The zero-order valence-electron chi connectivity index (χ0n) is 12.5. The van der Waals surface area contributed by atoms with Crippen LogP contribution in [0.1, 0.15) is 12.5 Å². The number of anilines is 2. The normalized spacial score (nSPS) is 9.83. The maximum Gasteiger partial charge on any atom is 0.189 e. The molecule has 4 nitrogen and oxygen atoms in total. The monoisotopic (exact) mass is 364 g/mol. The number of thiocarbonyl (C=S) groups is 2. The molecule has 0 heterocycles. The van der Waals surface area contributed by atoms with Crippen LogP contribution < -0.4 is 21.5 Å². The second-order valence-electron chi connectivity index (χ2n) is 4.72. The maximum absolute atomic E-state index is 5.83. The molecule has 0 aromatic heterocycles. The molecule has 0 saturated carbocycles. The van der Waals surface area contributed by atoms with Gasteiger partial charge in [-0.15, -0.1) is 0 Å². The number of hydrogen-bond donors (Lipinski definition) is 4. The summed E-state index contributed by atoms with van der Waals surface area (Å²) in [5.74, 6) is 0. The molecule has 23 heavy (non-hydrogen) atoms. The topological polar surface area (TPSA) is 48.1 Å². The van der Waals surface area contributed by atoms with Gasteiger partial charge in [-0.1, -0.05) is 30.7 Å². The first-order valence-corrected chi connectivity index (χ1v) is 8.25. The molecule has 0 aliphatic rings. The fourth-order valence-electron chi connectivity index (χ4n) is 1.80. The third kappa shape index (κ3) is 6.02. The van der Waals surface area contributed by atoms with Crippen molar-refractivity contribution in [3.8, 4) is 0 Å². The van der Waals surface area contributed by atoms with Gasteiger partial charge in [0, 0.05) is 16.4 Å². The maximum atomic E-state index is 5.83. The van der Waals surface area contributed by atoms with Gasteiger partial charge in [0.25, 0.3) is 0 Å². The van der Waals surface area contributed by atoms with Crippen molar-refractivity contribution >= 4 is 57.6 Å². The molecule has 0 saturated heterocycles. The Bertz CT molecular complexity index is 671. The van der Waals surface area contributed by atoms with Crippen molar-refractivity contribution in [3.63, 3.8) is 0 Å². The highest BCUT2D eigenvalue weighted by atomic mass is 35.5. The Kier molecular flexibility index (Phi) is 6.58. The fourth-order valence-corrected chi connectivity index (χ4v) is 2.26. The van der Waals surface area contributed by atoms with Crippen molar-refractivity contribution in [2.24, 2.45) is 0 Å². The molecule has 0 unspecified atom stereocenters. The van der Waals surface area contributed by atoms with Crippen LogP contribution in [-0.4, -0.2) is 10.2 Å². The van der Waals surface area contributed by atoms with Crippen molar-refractivity contribution < 1.29 is 0 Å². The molecule has 0 bridgehead atoms. The van der Waals surface area contributed by atoms with Crippen LogP contribution in [0.4, 0.5) is 11.4 Å². The summed E-state index contributed by atoms with van der Waals surface area (Å²) in [5, 5.41) is 7.59. The number of rotatable bonds is 3. The van der Waals surface area contributed by atoms with Gasteiger partial charge in [0.2, 0.25) is 0 Å². The van der Waals surface area contributed by atoms with Crippen LogP contribution in [0.2, 0.25) is 5.02 Å². The summed E-state index contributed by atoms with van der Waals surface area (Å²) in [4.78, 5) is 0. The Morgan fingerprint density at radius 1 is 0.826 bits per heavy atom. The number of hydrazine groups is 1. The Balaban J connectivity index is 1.76. The third-order valence-corrected chi connectivity index (χ3v) is 3.67. The van der Waals surface area contributed by atoms with Crippen molar-refractivity contribution in [2.75, 3.05) is 10.6 Å². The van der Waals surface area contributed by atoms with E-state index in [-0.39, 0.29) is 0 Å².